The van der Waals surface area contributed by atoms with Crippen molar-refractivity contribution in [2.24, 2.45) is 5.41 Å². The number of hydrogen-bond acceptors (Lipinski definition) is 1. The van der Waals surface area contributed by atoms with E-state index in [0.717, 1.165) is 6.07 Å². The molecule has 0 saturated heterocycles. The van der Waals surface area contributed by atoms with Crippen LogP contribution in [0, 0.1) is 11.8 Å². The van der Waals surface area contributed by atoms with E-state index in [-0.39, 0.29) is 5.41 Å². The molecule has 15 heavy (non-hydrogen) atoms. The summed E-state index contributed by atoms with van der Waals surface area (Å²) in [4.78, 5) is 0. The average molecular weight is 219 g/mol. The van der Waals surface area contributed by atoms with Crippen LogP contribution in [-0.2, 0) is 12.7 Å². The summed E-state index contributed by atoms with van der Waals surface area (Å²) in [5, 5.41) is 3.44. The molecule has 1 heterocycles. The Kier molecular flexibility index (Phi) is 3.11. The second-order valence-electron chi connectivity index (χ2n) is 4.49. The molecule has 0 N–H and O–H groups in total. The lowest BCUT2D eigenvalue weighted by atomic mass is 9.92. The van der Waals surface area contributed by atoms with Crippen molar-refractivity contribution in [1.82, 2.24) is 9.78 Å². The molecule has 5 heteroatoms. The smallest absolute Gasteiger partial charge is 0.272 e. The molecule has 0 atom stereocenters. The van der Waals surface area contributed by atoms with E-state index in [2.05, 4.69) is 5.10 Å². The lowest BCUT2D eigenvalue weighted by Gasteiger charge is -2.17. The van der Waals surface area contributed by atoms with Crippen molar-refractivity contribution in [3.63, 3.8) is 0 Å². The van der Waals surface area contributed by atoms with Crippen molar-refractivity contribution in [2.45, 2.75) is 33.5 Å². The zero-order valence-corrected chi connectivity index (χ0v) is 8.97. The number of rotatable bonds is 2. The highest BCUT2D eigenvalue weighted by Gasteiger charge is 2.33. The first-order valence-corrected chi connectivity index (χ1v) is 4.63. The van der Waals surface area contributed by atoms with Gasteiger partial charge in [-0.25, -0.2) is 0 Å². The van der Waals surface area contributed by atoms with E-state index >= 15 is 0 Å². The van der Waals surface area contributed by atoms with Gasteiger partial charge in [-0.05, 0) is 17.9 Å². The molecule has 0 saturated carbocycles. The third-order valence-corrected chi connectivity index (χ3v) is 1.82. The van der Waals surface area contributed by atoms with E-state index in [1.807, 2.05) is 27.2 Å². The molecular formula is C10H14F3N2. The fraction of sp³-hybridized carbons (Fsp3) is 0.600. The summed E-state index contributed by atoms with van der Waals surface area (Å²) < 4.78 is 37.9. The quantitative estimate of drug-likeness (QED) is 0.747. The van der Waals surface area contributed by atoms with Crippen LogP contribution in [0.5, 0.6) is 0 Å². The summed E-state index contributed by atoms with van der Waals surface area (Å²) in [5.41, 5.74) is -0.866. The highest BCUT2D eigenvalue weighted by Crippen LogP contribution is 2.27. The first kappa shape index (κ1) is 12.1. The topological polar surface area (TPSA) is 17.8 Å². The number of nitrogens with zero attached hydrogens (tertiary/aromatic N) is 2. The summed E-state index contributed by atoms with van der Waals surface area (Å²) in [6.45, 7) is 6.35. The maximum absolute atomic E-state index is 12.2. The van der Waals surface area contributed by atoms with Gasteiger partial charge in [-0.15, -0.1) is 0 Å². The van der Waals surface area contributed by atoms with E-state index < -0.39 is 11.9 Å². The Morgan fingerprint density at radius 3 is 2.33 bits per heavy atom. The molecule has 0 aliphatic carbocycles. The molecule has 0 bridgehead atoms. The number of alkyl halides is 3. The van der Waals surface area contributed by atoms with Gasteiger partial charge in [0.2, 0.25) is 0 Å². The van der Waals surface area contributed by atoms with Gasteiger partial charge in [-0.2, -0.15) is 18.3 Å². The zero-order valence-electron chi connectivity index (χ0n) is 8.97. The van der Waals surface area contributed by atoms with Gasteiger partial charge < -0.3 is 0 Å². The monoisotopic (exact) mass is 219 g/mol. The molecule has 0 amide bonds. The molecule has 0 unspecified atom stereocenters. The highest BCUT2D eigenvalue weighted by atomic mass is 19.4. The molecule has 85 valence electrons. The molecule has 1 aromatic rings. The van der Waals surface area contributed by atoms with Gasteiger partial charge in [-0.3, -0.25) is 4.68 Å². The van der Waals surface area contributed by atoms with Gasteiger partial charge >= 0.3 is 6.18 Å². The van der Waals surface area contributed by atoms with E-state index in [1.54, 1.807) is 0 Å². The van der Waals surface area contributed by atoms with Crippen molar-refractivity contribution in [3.05, 3.63) is 24.4 Å². The number of aromatic nitrogens is 2. The Balaban J connectivity index is 2.62. The number of hydrogen-bond donors (Lipinski definition) is 0. The third-order valence-electron chi connectivity index (χ3n) is 1.82. The van der Waals surface area contributed by atoms with Crippen LogP contribution in [-0.4, -0.2) is 9.78 Å². The molecule has 0 fully saturated rings. The predicted octanol–water partition coefficient (Wildman–Crippen LogP) is 3.15. The fourth-order valence-corrected chi connectivity index (χ4v) is 0.982. The second-order valence-corrected chi connectivity index (χ2v) is 4.49. The average Bonchev–Trinajstić information content (AvgIpc) is 2.45. The fourth-order valence-electron chi connectivity index (χ4n) is 0.982. The van der Waals surface area contributed by atoms with Crippen LogP contribution in [0.2, 0.25) is 0 Å². The van der Waals surface area contributed by atoms with Crippen molar-refractivity contribution in [1.29, 1.82) is 0 Å². The van der Waals surface area contributed by atoms with Crippen molar-refractivity contribution < 1.29 is 13.2 Å². The molecular weight excluding hydrogens is 205 g/mol. The highest BCUT2D eigenvalue weighted by molar-refractivity contribution is 5.03. The largest absolute Gasteiger partial charge is 0.435 e. The lowest BCUT2D eigenvalue weighted by Crippen LogP contribution is -2.13. The Morgan fingerprint density at radius 2 is 1.93 bits per heavy atom. The van der Waals surface area contributed by atoms with Crippen LogP contribution >= 0.6 is 0 Å². The van der Waals surface area contributed by atoms with Gasteiger partial charge in [0.15, 0.2) is 5.69 Å². The van der Waals surface area contributed by atoms with Crippen molar-refractivity contribution in [3.8, 4) is 0 Å². The normalized spacial score (nSPS) is 13.2. The molecule has 0 spiro atoms. The van der Waals surface area contributed by atoms with Crippen molar-refractivity contribution >= 4 is 0 Å². The van der Waals surface area contributed by atoms with Crippen LogP contribution < -0.4 is 0 Å². The first-order chi connectivity index (χ1) is 6.68. The summed E-state index contributed by atoms with van der Waals surface area (Å²) in [6, 6.07) is 0.983. The summed E-state index contributed by atoms with van der Waals surface area (Å²) in [5.74, 6) is 0. The van der Waals surface area contributed by atoms with Gasteiger partial charge in [0.25, 0.3) is 0 Å². The summed E-state index contributed by atoms with van der Waals surface area (Å²) >= 11 is 0. The SMILES string of the molecule is CC(C)(C)[CH]Cn1ccc(C(F)(F)F)n1. The van der Waals surface area contributed by atoms with Gasteiger partial charge in [0.05, 0.1) is 0 Å². The van der Waals surface area contributed by atoms with Crippen LogP contribution in [0.4, 0.5) is 13.2 Å². The van der Waals surface area contributed by atoms with E-state index in [0.29, 0.717) is 6.54 Å². The Bertz CT molecular complexity index is 320. The maximum atomic E-state index is 12.2. The van der Waals surface area contributed by atoms with Crippen molar-refractivity contribution in [2.75, 3.05) is 0 Å². The van der Waals surface area contributed by atoms with Crippen LogP contribution in [0.3, 0.4) is 0 Å². The van der Waals surface area contributed by atoms with E-state index in [4.69, 9.17) is 0 Å². The minimum absolute atomic E-state index is 0.0235. The molecule has 1 radical (unpaired) electrons. The number of halogens is 3. The molecule has 2 nitrogen and oxygen atoms in total. The predicted molar refractivity (Wildman–Crippen MR) is 51.0 cm³/mol. The van der Waals surface area contributed by atoms with Gasteiger partial charge in [0, 0.05) is 12.7 Å². The van der Waals surface area contributed by atoms with Crippen LogP contribution in [0.1, 0.15) is 26.5 Å². The Labute approximate surface area is 87.1 Å². The standard InChI is InChI=1S/C10H14F3N2/c1-9(2,3)5-7-15-6-4-8(14-15)10(11,12)13/h4-6H,7H2,1-3H3. The Hall–Kier alpha value is -1.00. The second kappa shape index (κ2) is 3.87. The molecule has 0 aliphatic heterocycles. The maximum Gasteiger partial charge on any atom is 0.435 e. The molecule has 1 rings (SSSR count). The summed E-state index contributed by atoms with van der Waals surface area (Å²) in [6.07, 6.45) is -1.10. The zero-order chi connectivity index (χ0) is 11.7. The van der Waals surface area contributed by atoms with Crippen LogP contribution in [0.15, 0.2) is 12.3 Å². The van der Waals surface area contributed by atoms with E-state index in [1.165, 1.54) is 10.9 Å². The molecule has 1 aromatic heterocycles. The molecule has 0 aromatic carbocycles. The van der Waals surface area contributed by atoms with Gasteiger partial charge in [-0.1, -0.05) is 20.8 Å². The van der Waals surface area contributed by atoms with Crippen LogP contribution in [0.25, 0.3) is 0 Å². The lowest BCUT2D eigenvalue weighted by molar-refractivity contribution is -0.141. The molecule has 0 aliphatic rings. The van der Waals surface area contributed by atoms with Gasteiger partial charge in [0.1, 0.15) is 0 Å². The minimum atomic E-state index is -4.35. The van der Waals surface area contributed by atoms with E-state index in [9.17, 15) is 13.2 Å². The summed E-state index contributed by atoms with van der Waals surface area (Å²) in [7, 11) is 0. The Morgan fingerprint density at radius 1 is 1.33 bits per heavy atom. The first-order valence-electron chi connectivity index (χ1n) is 4.63. The third kappa shape index (κ3) is 3.93. The minimum Gasteiger partial charge on any atom is -0.272 e.